The molecule has 0 rings (SSSR count). The van der Waals surface area contributed by atoms with Crippen LogP contribution >= 0.6 is 0 Å². The van der Waals surface area contributed by atoms with Crippen LogP contribution in [0.4, 0.5) is 0 Å². The molecule has 25 heavy (non-hydrogen) atoms. The van der Waals surface area contributed by atoms with E-state index in [1.807, 2.05) is 18.2 Å². The van der Waals surface area contributed by atoms with Gasteiger partial charge < -0.3 is 20.4 Å². The summed E-state index contributed by atoms with van der Waals surface area (Å²) in [6, 6.07) is 0. The van der Waals surface area contributed by atoms with Crippen LogP contribution in [-0.4, -0.2) is 44.7 Å². The van der Waals surface area contributed by atoms with Gasteiger partial charge in [-0.15, -0.1) is 0 Å². The van der Waals surface area contributed by atoms with Crippen molar-refractivity contribution in [3.05, 3.63) is 36.5 Å². The second kappa shape index (κ2) is 16.1. The highest BCUT2D eigenvalue weighted by molar-refractivity contribution is 5.66. The fourth-order valence-electron chi connectivity index (χ4n) is 2.31. The Morgan fingerprint density at radius 3 is 2.32 bits per heavy atom. The Labute approximate surface area is 151 Å². The van der Waals surface area contributed by atoms with Gasteiger partial charge >= 0.3 is 5.97 Å². The summed E-state index contributed by atoms with van der Waals surface area (Å²) in [5.41, 5.74) is 0. The Balaban J connectivity index is 3.83. The largest absolute Gasteiger partial charge is 0.481 e. The number of aliphatic hydroxyl groups is 3. The van der Waals surface area contributed by atoms with E-state index in [1.54, 1.807) is 12.2 Å². The van der Waals surface area contributed by atoms with Crippen molar-refractivity contribution in [2.45, 2.75) is 83.0 Å². The molecule has 0 aliphatic heterocycles. The van der Waals surface area contributed by atoms with Crippen LogP contribution < -0.4 is 0 Å². The highest BCUT2D eigenvalue weighted by Crippen LogP contribution is 2.09. The summed E-state index contributed by atoms with van der Waals surface area (Å²) >= 11 is 0. The van der Waals surface area contributed by atoms with Crippen LogP contribution in [0.25, 0.3) is 0 Å². The molecule has 4 N–H and O–H groups in total. The molecule has 5 heteroatoms. The summed E-state index contributed by atoms with van der Waals surface area (Å²) in [5.74, 6) is -0.902. The maximum atomic E-state index is 10.4. The van der Waals surface area contributed by atoms with Gasteiger partial charge in [-0.2, -0.15) is 0 Å². The molecule has 0 fully saturated rings. The zero-order chi connectivity index (χ0) is 18.9. The molecule has 0 saturated heterocycles. The molecule has 5 nitrogen and oxygen atoms in total. The Bertz CT molecular complexity index is 414. The van der Waals surface area contributed by atoms with Crippen molar-refractivity contribution < 1.29 is 25.2 Å². The van der Waals surface area contributed by atoms with Crippen LogP contribution in [0.5, 0.6) is 0 Å². The molecular weight excluding hydrogens is 320 g/mol. The molecule has 0 heterocycles. The first-order chi connectivity index (χ1) is 12.0. The maximum absolute atomic E-state index is 10.4. The van der Waals surface area contributed by atoms with E-state index in [0.29, 0.717) is 6.42 Å². The molecule has 0 amide bonds. The number of hydrogen-bond donors (Lipinski definition) is 4. The zero-order valence-electron chi connectivity index (χ0n) is 15.3. The van der Waals surface area contributed by atoms with Crippen LogP contribution in [-0.2, 0) is 4.79 Å². The number of allylic oxidation sites excluding steroid dienone is 5. The lowest BCUT2D eigenvalue weighted by Gasteiger charge is -2.13. The molecule has 0 radical (unpaired) electrons. The Morgan fingerprint density at radius 2 is 1.64 bits per heavy atom. The van der Waals surface area contributed by atoms with Gasteiger partial charge in [0.15, 0.2) is 0 Å². The summed E-state index contributed by atoms with van der Waals surface area (Å²) in [4.78, 5) is 10.4. The Morgan fingerprint density at radius 1 is 0.920 bits per heavy atom. The maximum Gasteiger partial charge on any atom is 0.303 e. The van der Waals surface area contributed by atoms with Gasteiger partial charge in [-0.1, -0.05) is 62.6 Å². The Kier molecular flexibility index (Phi) is 15.1. The number of carbonyl (C=O) groups is 1. The highest BCUT2D eigenvalue weighted by Gasteiger charge is 2.12. The van der Waals surface area contributed by atoms with Crippen molar-refractivity contribution in [1.82, 2.24) is 0 Å². The number of aliphatic carboxylic acids is 1. The predicted molar refractivity (Wildman–Crippen MR) is 100 cm³/mol. The molecule has 0 saturated carbocycles. The SMILES string of the molecule is CCCCCC(O)CCC=CC=CC=CC(O)C(O)CCCC(=O)O. The van der Waals surface area contributed by atoms with Gasteiger partial charge in [-0.3, -0.25) is 4.79 Å². The summed E-state index contributed by atoms with van der Waals surface area (Å²) < 4.78 is 0. The Hall–Kier alpha value is -1.43. The number of aliphatic hydroxyl groups excluding tert-OH is 3. The summed E-state index contributed by atoms with van der Waals surface area (Å²) in [5, 5.41) is 37.7. The van der Waals surface area contributed by atoms with E-state index in [1.165, 1.54) is 18.9 Å². The second-order valence-electron chi connectivity index (χ2n) is 6.27. The monoisotopic (exact) mass is 354 g/mol. The molecule has 0 aliphatic carbocycles. The van der Waals surface area contributed by atoms with Gasteiger partial charge in [0, 0.05) is 6.42 Å². The van der Waals surface area contributed by atoms with Gasteiger partial charge in [0.05, 0.1) is 18.3 Å². The molecule has 0 aliphatic rings. The number of hydrogen-bond acceptors (Lipinski definition) is 4. The molecule has 0 aromatic carbocycles. The number of carboxylic acids is 1. The molecule has 144 valence electrons. The smallest absolute Gasteiger partial charge is 0.303 e. The number of unbranched alkanes of at least 4 members (excludes halogenated alkanes) is 2. The third kappa shape index (κ3) is 15.8. The van der Waals surface area contributed by atoms with Gasteiger partial charge in [-0.05, 0) is 32.1 Å². The predicted octanol–water partition coefficient (Wildman–Crippen LogP) is 3.35. The fraction of sp³-hybridized carbons (Fsp3) is 0.650. The molecule has 3 atom stereocenters. The van der Waals surface area contributed by atoms with Crippen molar-refractivity contribution in [2.75, 3.05) is 0 Å². The molecule has 0 bridgehead atoms. The van der Waals surface area contributed by atoms with E-state index in [4.69, 9.17) is 5.11 Å². The van der Waals surface area contributed by atoms with E-state index in [0.717, 1.165) is 25.7 Å². The highest BCUT2D eigenvalue weighted by atomic mass is 16.4. The van der Waals surface area contributed by atoms with E-state index in [-0.39, 0.29) is 18.9 Å². The fourth-order valence-corrected chi connectivity index (χ4v) is 2.31. The minimum atomic E-state index is -0.999. The minimum absolute atomic E-state index is 0.00844. The first kappa shape index (κ1) is 23.6. The van der Waals surface area contributed by atoms with Crippen LogP contribution in [0.3, 0.4) is 0 Å². The molecule has 0 spiro atoms. The second-order valence-corrected chi connectivity index (χ2v) is 6.27. The van der Waals surface area contributed by atoms with Crippen LogP contribution in [0.15, 0.2) is 36.5 Å². The normalized spacial score (nSPS) is 16.0. The molecule has 0 aromatic heterocycles. The molecule has 3 unspecified atom stereocenters. The van der Waals surface area contributed by atoms with E-state index >= 15 is 0 Å². The van der Waals surface area contributed by atoms with Crippen LogP contribution in [0.2, 0.25) is 0 Å². The average Bonchev–Trinajstić information content (AvgIpc) is 2.56. The van der Waals surface area contributed by atoms with Crippen molar-refractivity contribution in [1.29, 1.82) is 0 Å². The zero-order valence-corrected chi connectivity index (χ0v) is 15.3. The number of carboxylic acid groups (broad SMARTS) is 1. The first-order valence-electron chi connectivity index (χ1n) is 9.23. The molecule has 0 aromatic rings. The van der Waals surface area contributed by atoms with Gasteiger partial charge in [0.25, 0.3) is 0 Å². The summed E-state index contributed by atoms with van der Waals surface area (Å²) in [7, 11) is 0. The molecular formula is C20H34O5. The van der Waals surface area contributed by atoms with E-state index in [9.17, 15) is 20.1 Å². The lowest BCUT2D eigenvalue weighted by atomic mass is 10.1. The third-order valence-corrected chi connectivity index (χ3v) is 3.87. The lowest BCUT2D eigenvalue weighted by Crippen LogP contribution is -2.23. The van der Waals surface area contributed by atoms with E-state index in [2.05, 4.69) is 6.92 Å². The first-order valence-corrected chi connectivity index (χ1v) is 9.23. The van der Waals surface area contributed by atoms with Crippen molar-refractivity contribution in [3.63, 3.8) is 0 Å². The topological polar surface area (TPSA) is 98.0 Å². The van der Waals surface area contributed by atoms with E-state index < -0.39 is 18.2 Å². The quantitative estimate of drug-likeness (QED) is 0.267. The van der Waals surface area contributed by atoms with Crippen molar-refractivity contribution >= 4 is 5.97 Å². The van der Waals surface area contributed by atoms with Crippen LogP contribution in [0.1, 0.15) is 64.7 Å². The van der Waals surface area contributed by atoms with Gasteiger partial charge in [-0.25, -0.2) is 0 Å². The van der Waals surface area contributed by atoms with Crippen molar-refractivity contribution in [2.24, 2.45) is 0 Å². The van der Waals surface area contributed by atoms with Gasteiger partial charge in [0.1, 0.15) is 0 Å². The van der Waals surface area contributed by atoms with Crippen molar-refractivity contribution in [3.8, 4) is 0 Å². The van der Waals surface area contributed by atoms with Gasteiger partial charge in [0.2, 0.25) is 0 Å². The summed E-state index contributed by atoms with van der Waals surface area (Å²) in [6.07, 6.45) is 14.9. The minimum Gasteiger partial charge on any atom is -0.481 e. The summed E-state index contributed by atoms with van der Waals surface area (Å²) in [6.45, 7) is 2.15. The lowest BCUT2D eigenvalue weighted by molar-refractivity contribution is -0.137. The third-order valence-electron chi connectivity index (χ3n) is 3.87. The average molecular weight is 354 g/mol. The standard InChI is InChI=1S/C20H34O5/c1-2-3-8-12-17(21)13-9-6-4-5-7-10-14-18(22)19(23)15-11-16-20(24)25/h4-7,10,14,17-19,21-23H,2-3,8-9,11-13,15-16H2,1H3,(H,24,25). The van der Waals surface area contributed by atoms with Crippen LogP contribution in [0, 0.1) is 0 Å². The number of rotatable bonds is 15.